The first kappa shape index (κ1) is 17.7. The lowest BCUT2D eigenvalue weighted by atomic mass is 9.78. The highest BCUT2D eigenvalue weighted by Crippen LogP contribution is 2.39. The molecule has 0 saturated carbocycles. The van der Waals surface area contributed by atoms with E-state index in [9.17, 15) is 5.26 Å². The molecule has 5 heteroatoms. The van der Waals surface area contributed by atoms with Crippen molar-refractivity contribution in [3.05, 3.63) is 65.7 Å². The average molecular weight is 360 g/mol. The molecule has 5 nitrogen and oxygen atoms in total. The summed E-state index contributed by atoms with van der Waals surface area (Å²) in [5.41, 5.74) is 2.68. The van der Waals surface area contributed by atoms with E-state index in [-0.39, 0.29) is 6.04 Å². The van der Waals surface area contributed by atoms with E-state index < -0.39 is 5.54 Å². The molecule has 2 aromatic rings. The summed E-state index contributed by atoms with van der Waals surface area (Å²) in [6.07, 6.45) is 0.696. The van der Waals surface area contributed by atoms with Gasteiger partial charge in [-0.15, -0.1) is 0 Å². The molecule has 1 N–H and O–H groups in total. The lowest BCUT2D eigenvalue weighted by Gasteiger charge is -2.47. The first-order chi connectivity index (χ1) is 13.2. The molecular weight excluding hydrogens is 336 g/mol. The van der Waals surface area contributed by atoms with Gasteiger partial charge in [-0.05, 0) is 23.3 Å². The summed E-state index contributed by atoms with van der Waals surface area (Å²) in [6, 6.07) is 21.1. The van der Waals surface area contributed by atoms with E-state index in [1.54, 1.807) is 7.11 Å². The van der Waals surface area contributed by atoms with Crippen molar-refractivity contribution >= 4 is 5.71 Å². The molecule has 138 valence electrons. The van der Waals surface area contributed by atoms with E-state index in [0.29, 0.717) is 19.5 Å². The molecular formula is C22H24N4O. The van der Waals surface area contributed by atoms with Crippen LogP contribution >= 0.6 is 0 Å². The van der Waals surface area contributed by atoms with Crippen LogP contribution in [0.3, 0.4) is 0 Å². The van der Waals surface area contributed by atoms with Crippen LogP contribution in [0.5, 0.6) is 5.75 Å². The maximum atomic E-state index is 10.4. The fraction of sp³-hybridized carbons (Fsp3) is 0.364. The van der Waals surface area contributed by atoms with E-state index in [0.717, 1.165) is 30.1 Å². The quantitative estimate of drug-likeness (QED) is 0.911. The zero-order valence-corrected chi connectivity index (χ0v) is 15.6. The SMILES string of the molecule is COc1ccc([C@]2(C#N)C[C@@H]3NCCN=C3CN2Cc2ccccc2)cc1. The van der Waals surface area contributed by atoms with Gasteiger partial charge in [0.25, 0.3) is 0 Å². The van der Waals surface area contributed by atoms with Gasteiger partial charge in [-0.2, -0.15) is 5.26 Å². The highest BCUT2D eigenvalue weighted by molar-refractivity contribution is 5.93. The van der Waals surface area contributed by atoms with E-state index >= 15 is 0 Å². The lowest BCUT2D eigenvalue weighted by molar-refractivity contribution is 0.113. The number of fused-ring (bicyclic) bond motifs is 1. The number of methoxy groups -OCH3 is 1. The van der Waals surface area contributed by atoms with Crippen LogP contribution in [0.1, 0.15) is 17.5 Å². The molecule has 2 atom stereocenters. The van der Waals surface area contributed by atoms with Gasteiger partial charge in [-0.25, -0.2) is 0 Å². The summed E-state index contributed by atoms with van der Waals surface area (Å²) in [4.78, 5) is 7.02. The van der Waals surface area contributed by atoms with Crippen LogP contribution in [0, 0.1) is 11.3 Å². The van der Waals surface area contributed by atoms with Gasteiger partial charge < -0.3 is 10.1 Å². The zero-order valence-electron chi connectivity index (χ0n) is 15.6. The minimum absolute atomic E-state index is 0.160. The molecule has 4 rings (SSSR count). The maximum absolute atomic E-state index is 10.4. The molecule has 0 radical (unpaired) electrons. The van der Waals surface area contributed by atoms with Gasteiger partial charge in [0.05, 0.1) is 19.7 Å². The number of aliphatic imine (C=N–C) groups is 1. The Bertz CT molecular complexity index is 856. The molecule has 2 aromatic carbocycles. The highest BCUT2D eigenvalue weighted by atomic mass is 16.5. The molecule has 0 unspecified atom stereocenters. The number of ether oxygens (including phenoxy) is 1. The lowest BCUT2D eigenvalue weighted by Crippen LogP contribution is -2.61. The summed E-state index contributed by atoms with van der Waals surface area (Å²) < 4.78 is 5.30. The third-order valence-corrected chi connectivity index (χ3v) is 5.58. The van der Waals surface area contributed by atoms with Gasteiger partial charge in [0.1, 0.15) is 11.3 Å². The van der Waals surface area contributed by atoms with Crippen molar-refractivity contribution < 1.29 is 4.74 Å². The van der Waals surface area contributed by atoms with Crippen LogP contribution in [0.2, 0.25) is 0 Å². The predicted molar refractivity (Wildman–Crippen MR) is 106 cm³/mol. The first-order valence-corrected chi connectivity index (χ1v) is 9.36. The summed E-state index contributed by atoms with van der Waals surface area (Å²) >= 11 is 0. The van der Waals surface area contributed by atoms with E-state index in [2.05, 4.69) is 28.4 Å². The second-order valence-electron chi connectivity index (χ2n) is 7.13. The van der Waals surface area contributed by atoms with Crippen molar-refractivity contribution in [2.24, 2.45) is 4.99 Å². The fourth-order valence-corrected chi connectivity index (χ4v) is 4.11. The number of rotatable bonds is 4. The maximum Gasteiger partial charge on any atom is 0.137 e. The molecule has 0 bridgehead atoms. The minimum Gasteiger partial charge on any atom is -0.497 e. The van der Waals surface area contributed by atoms with Gasteiger partial charge in [-0.3, -0.25) is 9.89 Å². The minimum atomic E-state index is -0.698. The van der Waals surface area contributed by atoms with Gasteiger partial charge in [0, 0.05) is 37.8 Å². The largest absolute Gasteiger partial charge is 0.497 e. The number of hydrogen-bond acceptors (Lipinski definition) is 5. The summed E-state index contributed by atoms with van der Waals surface area (Å²) in [5.74, 6) is 0.801. The van der Waals surface area contributed by atoms with Crippen molar-refractivity contribution in [2.75, 3.05) is 26.7 Å². The third kappa shape index (κ3) is 3.34. The Kier molecular flexibility index (Phi) is 4.93. The fourth-order valence-electron chi connectivity index (χ4n) is 4.11. The number of nitrogens with zero attached hydrogens (tertiary/aromatic N) is 3. The molecule has 0 aromatic heterocycles. The monoisotopic (exact) mass is 360 g/mol. The van der Waals surface area contributed by atoms with Gasteiger partial charge in [0.2, 0.25) is 0 Å². The van der Waals surface area contributed by atoms with Gasteiger partial charge in [0.15, 0.2) is 0 Å². The third-order valence-electron chi connectivity index (χ3n) is 5.58. The molecule has 1 saturated heterocycles. The Balaban J connectivity index is 1.75. The van der Waals surface area contributed by atoms with E-state index in [1.807, 2.05) is 42.5 Å². The molecule has 0 spiro atoms. The van der Waals surface area contributed by atoms with Crippen LogP contribution in [0.15, 0.2) is 59.6 Å². The van der Waals surface area contributed by atoms with Gasteiger partial charge in [-0.1, -0.05) is 42.5 Å². The van der Waals surface area contributed by atoms with Crippen LogP contribution < -0.4 is 10.1 Å². The van der Waals surface area contributed by atoms with Crippen LogP contribution in [0.4, 0.5) is 0 Å². The molecule has 27 heavy (non-hydrogen) atoms. The van der Waals surface area contributed by atoms with Crippen molar-refractivity contribution in [1.29, 1.82) is 5.26 Å². The summed E-state index contributed by atoms with van der Waals surface area (Å²) in [5, 5.41) is 13.9. The number of nitriles is 1. The van der Waals surface area contributed by atoms with Crippen molar-refractivity contribution in [2.45, 2.75) is 24.5 Å². The molecule has 2 aliphatic heterocycles. The van der Waals surface area contributed by atoms with Crippen molar-refractivity contribution in [1.82, 2.24) is 10.2 Å². The van der Waals surface area contributed by atoms with E-state index in [4.69, 9.17) is 9.73 Å². The van der Waals surface area contributed by atoms with Crippen LogP contribution in [-0.2, 0) is 12.1 Å². The van der Waals surface area contributed by atoms with Crippen LogP contribution in [0.25, 0.3) is 0 Å². The molecule has 0 amide bonds. The number of hydrogen-bond donors (Lipinski definition) is 1. The number of nitrogens with one attached hydrogen (secondary N) is 1. The van der Waals surface area contributed by atoms with Crippen molar-refractivity contribution in [3.8, 4) is 11.8 Å². The Morgan fingerprint density at radius 1 is 1.22 bits per heavy atom. The zero-order chi connectivity index (χ0) is 18.7. The molecule has 0 aliphatic carbocycles. The van der Waals surface area contributed by atoms with Crippen LogP contribution in [-0.4, -0.2) is 43.4 Å². The normalized spacial score (nSPS) is 25.2. The number of likely N-dealkylation sites (tertiary alicyclic amines) is 1. The number of benzene rings is 2. The van der Waals surface area contributed by atoms with Crippen molar-refractivity contribution in [3.63, 3.8) is 0 Å². The summed E-state index contributed by atoms with van der Waals surface area (Å²) in [7, 11) is 1.66. The van der Waals surface area contributed by atoms with E-state index in [1.165, 1.54) is 5.56 Å². The first-order valence-electron chi connectivity index (χ1n) is 9.36. The Morgan fingerprint density at radius 2 is 2.00 bits per heavy atom. The number of piperidine rings is 1. The highest BCUT2D eigenvalue weighted by Gasteiger charge is 2.47. The second-order valence-corrected chi connectivity index (χ2v) is 7.13. The Hall–Kier alpha value is -2.68. The topological polar surface area (TPSA) is 60.6 Å². The average Bonchev–Trinajstić information content (AvgIpc) is 2.74. The summed E-state index contributed by atoms with van der Waals surface area (Å²) in [6.45, 7) is 3.10. The molecule has 1 fully saturated rings. The van der Waals surface area contributed by atoms with Gasteiger partial charge >= 0.3 is 0 Å². The predicted octanol–water partition coefficient (Wildman–Crippen LogP) is 2.73. The second kappa shape index (κ2) is 7.51. The molecule has 2 heterocycles. The standard InChI is InChI=1S/C22H24N4O/c1-27-19-9-7-18(8-10-19)22(16-23)13-20-21(25-12-11-24-20)15-26(22)14-17-5-3-2-4-6-17/h2-10,20,24H,11-15H2,1H3/t20-,22+/m0/s1. The molecule has 2 aliphatic rings. The Morgan fingerprint density at radius 3 is 2.70 bits per heavy atom. The smallest absolute Gasteiger partial charge is 0.137 e. The Labute approximate surface area is 160 Å².